The molecule has 0 radical (unpaired) electrons. The van der Waals surface area contributed by atoms with Crippen LogP contribution in [0.15, 0.2) is 18.2 Å². The lowest BCUT2D eigenvalue weighted by molar-refractivity contribution is 0.0281. The van der Waals surface area contributed by atoms with Gasteiger partial charge in [-0.25, -0.2) is 4.79 Å². The van der Waals surface area contributed by atoms with Crippen molar-refractivity contribution in [1.29, 1.82) is 0 Å². The fraction of sp³-hybridized carbons (Fsp3) is 0.533. The van der Waals surface area contributed by atoms with E-state index in [1.54, 1.807) is 18.2 Å². The lowest BCUT2D eigenvalue weighted by Gasteiger charge is -2.21. The molecule has 6 heteroatoms. The number of carbonyl (C=O) groups is 1. The highest BCUT2D eigenvalue weighted by Gasteiger charge is 2.35. The molecule has 0 amide bonds. The lowest BCUT2D eigenvalue weighted by atomic mass is 10.1. The van der Waals surface area contributed by atoms with Crippen molar-refractivity contribution in [3.05, 3.63) is 23.8 Å². The molecule has 2 aliphatic rings. The highest BCUT2D eigenvalue weighted by atomic mass is 16.6. The zero-order valence-electron chi connectivity index (χ0n) is 12.0. The lowest BCUT2D eigenvalue weighted by Crippen LogP contribution is -2.35. The molecule has 3 rings (SSSR count). The molecule has 1 saturated heterocycles. The van der Waals surface area contributed by atoms with Gasteiger partial charge in [0.05, 0.1) is 49.4 Å². The van der Waals surface area contributed by atoms with E-state index in [1.165, 1.54) is 7.11 Å². The Bertz CT molecular complexity index is 530. The summed E-state index contributed by atoms with van der Waals surface area (Å²) < 4.78 is 16.1. The molecule has 1 aromatic rings. The van der Waals surface area contributed by atoms with Gasteiger partial charge in [-0.2, -0.15) is 0 Å². The van der Waals surface area contributed by atoms with Crippen molar-refractivity contribution in [1.82, 2.24) is 0 Å². The van der Waals surface area contributed by atoms with Gasteiger partial charge in [-0.05, 0) is 31.0 Å². The maximum Gasteiger partial charge on any atom is 0.337 e. The van der Waals surface area contributed by atoms with Crippen LogP contribution in [0, 0.1) is 0 Å². The third-order valence-electron chi connectivity index (χ3n) is 3.74. The third kappa shape index (κ3) is 3.28. The van der Waals surface area contributed by atoms with Crippen molar-refractivity contribution >= 4 is 17.3 Å². The van der Waals surface area contributed by atoms with Crippen LogP contribution in [0.3, 0.4) is 0 Å². The summed E-state index contributed by atoms with van der Waals surface area (Å²) in [5.41, 5.74) is 7.73. The van der Waals surface area contributed by atoms with E-state index < -0.39 is 0 Å². The van der Waals surface area contributed by atoms with Crippen molar-refractivity contribution in [2.75, 3.05) is 31.4 Å². The Balaban J connectivity index is 1.72. The molecule has 2 fully saturated rings. The van der Waals surface area contributed by atoms with Crippen molar-refractivity contribution in [3.8, 4) is 0 Å². The summed E-state index contributed by atoms with van der Waals surface area (Å²) in [6.45, 7) is 1.16. The van der Waals surface area contributed by atoms with E-state index in [9.17, 15) is 4.79 Å². The Morgan fingerprint density at radius 2 is 2.19 bits per heavy atom. The van der Waals surface area contributed by atoms with E-state index in [0.717, 1.165) is 12.8 Å². The van der Waals surface area contributed by atoms with Gasteiger partial charge in [-0.15, -0.1) is 0 Å². The summed E-state index contributed by atoms with van der Waals surface area (Å²) in [4.78, 5) is 11.6. The maximum absolute atomic E-state index is 11.6. The SMILES string of the molecule is COC(=O)c1ccc(N)c(NC2COCC2OC2CC2)c1. The zero-order valence-corrected chi connectivity index (χ0v) is 12.0. The Morgan fingerprint density at radius 1 is 1.38 bits per heavy atom. The number of anilines is 2. The molecule has 0 aromatic heterocycles. The molecule has 1 aliphatic heterocycles. The highest BCUT2D eigenvalue weighted by molar-refractivity contribution is 5.92. The maximum atomic E-state index is 11.6. The molecule has 114 valence electrons. The third-order valence-corrected chi connectivity index (χ3v) is 3.74. The standard InChI is InChI=1S/C15H20N2O4/c1-19-15(18)9-2-5-11(16)12(6-9)17-13-7-20-8-14(13)21-10-3-4-10/h2,5-6,10,13-14,17H,3-4,7-8,16H2,1H3. The molecule has 1 saturated carbocycles. The molecular weight excluding hydrogens is 272 g/mol. The molecular formula is C15H20N2O4. The quantitative estimate of drug-likeness (QED) is 0.631. The van der Waals surface area contributed by atoms with Crippen LogP contribution in [-0.4, -0.2) is 44.5 Å². The second-order valence-corrected chi connectivity index (χ2v) is 5.46. The number of esters is 1. The van der Waals surface area contributed by atoms with Crippen molar-refractivity contribution in [3.63, 3.8) is 0 Å². The number of nitrogens with two attached hydrogens (primary N) is 1. The summed E-state index contributed by atoms with van der Waals surface area (Å²) >= 11 is 0. The molecule has 2 unspecified atom stereocenters. The zero-order chi connectivity index (χ0) is 14.8. The molecule has 0 spiro atoms. The van der Waals surface area contributed by atoms with Crippen molar-refractivity contribution in [2.45, 2.75) is 31.1 Å². The average molecular weight is 292 g/mol. The second-order valence-electron chi connectivity index (χ2n) is 5.46. The van der Waals surface area contributed by atoms with Gasteiger partial charge < -0.3 is 25.3 Å². The Hall–Kier alpha value is -1.79. The summed E-state index contributed by atoms with van der Waals surface area (Å²) in [5, 5.41) is 3.33. The minimum Gasteiger partial charge on any atom is -0.465 e. The Morgan fingerprint density at radius 3 is 2.90 bits per heavy atom. The van der Waals surface area contributed by atoms with Crippen LogP contribution in [-0.2, 0) is 14.2 Å². The highest BCUT2D eigenvalue weighted by Crippen LogP contribution is 2.29. The molecule has 2 atom stereocenters. The topological polar surface area (TPSA) is 82.8 Å². The molecule has 0 bridgehead atoms. The van der Waals surface area contributed by atoms with Gasteiger partial charge in [0.25, 0.3) is 0 Å². The van der Waals surface area contributed by atoms with Gasteiger partial charge in [0.2, 0.25) is 0 Å². The van der Waals surface area contributed by atoms with E-state index in [-0.39, 0.29) is 18.1 Å². The normalized spacial score (nSPS) is 24.8. The molecule has 1 aliphatic carbocycles. The van der Waals surface area contributed by atoms with E-state index >= 15 is 0 Å². The van der Waals surface area contributed by atoms with Crippen LogP contribution in [0.2, 0.25) is 0 Å². The van der Waals surface area contributed by atoms with E-state index in [4.69, 9.17) is 19.9 Å². The summed E-state index contributed by atoms with van der Waals surface area (Å²) in [5.74, 6) is -0.383. The molecule has 3 N–H and O–H groups in total. The average Bonchev–Trinajstić information content (AvgIpc) is 3.20. The van der Waals surface area contributed by atoms with Gasteiger partial charge in [0, 0.05) is 0 Å². The van der Waals surface area contributed by atoms with E-state index in [0.29, 0.717) is 36.3 Å². The monoisotopic (exact) mass is 292 g/mol. The van der Waals surface area contributed by atoms with Gasteiger partial charge in [0.1, 0.15) is 6.10 Å². The van der Waals surface area contributed by atoms with Crippen LogP contribution in [0.1, 0.15) is 23.2 Å². The number of nitrogen functional groups attached to an aromatic ring is 1. The predicted octanol–water partition coefficient (Wildman–Crippen LogP) is 1.41. The van der Waals surface area contributed by atoms with Crippen LogP contribution < -0.4 is 11.1 Å². The first kappa shape index (κ1) is 14.2. The predicted molar refractivity (Wildman–Crippen MR) is 78.3 cm³/mol. The summed E-state index contributed by atoms with van der Waals surface area (Å²) in [6.07, 6.45) is 2.66. The second kappa shape index (κ2) is 5.91. The number of benzene rings is 1. The van der Waals surface area contributed by atoms with Crippen LogP contribution in [0.4, 0.5) is 11.4 Å². The van der Waals surface area contributed by atoms with Crippen LogP contribution >= 0.6 is 0 Å². The number of nitrogens with one attached hydrogen (secondary N) is 1. The molecule has 6 nitrogen and oxygen atoms in total. The number of rotatable bonds is 5. The van der Waals surface area contributed by atoms with Crippen LogP contribution in [0.5, 0.6) is 0 Å². The van der Waals surface area contributed by atoms with E-state index in [1.807, 2.05) is 0 Å². The smallest absolute Gasteiger partial charge is 0.337 e. The van der Waals surface area contributed by atoms with Gasteiger partial charge in [0.15, 0.2) is 0 Å². The Labute approximate surface area is 123 Å². The summed E-state index contributed by atoms with van der Waals surface area (Å²) in [6, 6.07) is 5.09. The number of hydrogen-bond acceptors (Lipinski definition) is 6. The number of methoxy groups -OCH3 is 1. The Kier molecular flexibility index (Phi) is 3.98. The van der Waals surface area contributed by atoms with Crippen molar-refractivity contribution < 1.29 is 19.0 Å². The first-order valence-electron chi connectivity index (χ1n) is 7.15. The first-order valence-corrected chi connectivity index (χ1v) is 7.15. The number of ether oxygens (including phenoxy) is 3. The molecule has 1 heterocycles. The van der Waals surface area contributed by atoms with Gasteiger partial charge in [-0.3, -0.25) is 0 Å². The molecule has 21 heavy (non-hydrogen) atoms. The van der Waals surface area contributed by atoms with Crippen LogP contribution in [0.25, 0.3) is 0 Å². The molecule has 1 aromatic carbocycles. The number of hydrogen-bond donors (Lipinski definition) is 2. The fourth-order valence-electron chi connectivity index (χ4n) is 2.38. The van der Waals surface area contributed by atoms with Crippen molar-refractivity contribution in [2.24, 2.45) is 0 Å². The summed E-state index contributed by atoms with van der Waals surface area (Å²) in [7, 11) is 1.36. The first-order chi connectivity index (χ1) is 10.2. The minimum atomic E-state index is -0.383. The largest absolute Gasteiger partial charge is 0.465 e. The number of carbonyl (C=O) groups excluding carboxylic acids is 1. The van der Waals surface area contributed by atoms with Gasteiger partial charge in [-0.1, -0.05) is 0 Å². The minimum absolute atomic E-state index is 0.0266. The van der Waals surface area contributed by atoms with Gasteiger partial charge >= 0.3 is 5.97 Å². The van der Waals surface area contributed by atoms with E-state index in [2.05, 4.69) is 5.32 Å². The fourth-order valence-corrected chi connectivity index (χ4v) is 2.38.